The Hall–Kier alpha value is -0.810. The zero-order valence-electron chi connectivity index (χ0n) is 15.1. The van der Waals surface area contributed by atoms with Crippen LogP contribution < -0.4 is 10.6 Å². The number of nitrogens with zero attached hydrogens (tertiary/aromatic N) is 2. The molecule has 1 heterocycles. The van der Waals surface area contributed by atoms with Crippen LogP contribution in [0.3, 0.4) is 0 Å². The minimum Gasteiger partial charge on any atom is -0.378 e. The zero-order valence-corrected chi connectivity index (χ0v) is 15.1. The first-order valence-electron chi connectivity index (χ1n) is 9.63. The maximum absolute atomic E-state index is 5.97. The smallest absolute Gasteiger partial charge is 0.191 e. The van der Waals surface area contributed by atoms with Gasteiger partial charge in [0.15, 0.2) is 5.96 Å². The van der Waals surface area contributed by atoms with Crippen molar-refractivity contribution in [3.63, 3.8) is 0 Å². The van der Waals surface area contributed by atoms with Gasteiger partial charge in [-0.05, 0) is 52.6 Å². The van der Waals surface area contributed by atoms with Gasteiger partial charge in [-0.25, -0.2) is 0 Å². The molecule has 0 radical (unpaired) electrons. The summed E-state index contributed by atoms with van der Waals surface area (Å²) in [4.78, 5) is 7.17. The number of likely N-dealkylation sites (tertiary alicyclic amines) is 1. The van der Waals surface area contributed by atoms with Crippen LogP contribution in [0.15, 0.2) is 4.99 Å². The first-order chi connectivity index (χ1) is 11.3. The first kappa shape index (κ1) is 18.5. The van der Waals surface area contributed by atoms with Crippen molar-refractivity contribution >= 4 is 5.96 Å². The summed E-state index contributed by atoms with van der Waals surface area (Å²) in [5, 5.41) is 6.78. The number of aliphatic imine (C=N–C) groups is 1. The third kappa shape index (κ3) is 7.08. The van der Waals surface area contributed by atoms with Crippen molar-refractivity contribution in [2.75, 3.05) is 39.8 Å². The third-order valence-electron chi connectivity index (χ3n) is 5.00. The summed E-state index contributed by atoms with van der Waals surface area (Å²) in [5.74, 6) is 0.950. The molecule has 0 bridgehead atoms. The van der Waals surface area contributed by atoms with E-state index in [1.807, 2.05) is 0 Å². The van der Waals surface area contributed by atoms with Crippen molar-refractivity contribution in [2.45, 2.75) is 70.4 Å². The Morgan fingerprint density at radius 1 is 1.13 bits per heavy atom. The van der Waals surface area contributed by atoms with E-state index in [0.717, 1.165) is 38.6 Å². The maximum Gasteiger partial charge on any atom is 0.191 e. The summed E-state index contributed by atoms with van der Waals surface area (Å²) in [7, 11) is 2.20. The fraction of sp³-hybridized carbons (Fsp3) is 0.944. The van der Waals surface area contributed by atoms with Gasteiger partial charge in [0.1, 0.15) is 0 Å². The van der Waals surface area contributed by atoms with E-state index in [2.05, 4.69) is 29.5 Å². The van der Waals surface area contributed by atoms with Gasteiger partial charge in [-0.1, -0.05) is 19.3 Å². The quantitative estimate of drug-likeness (QED) is 0.409. The molecule has 1 unspecified atom stereocenters. The van der Waals surface area contributed by atoms with E-state index in [4.69, 9.17) is 9.73 Å². The molecule has 2 N–H and O–H groups in total. The van der Waals surface area contributed by atoms with Gasteiger partial charge < -0.3 is 20.3 Å². The molecule has 0 amide bonds. The molecule has 0 spiro atoms. The predicted octanol–water partition coefficient (Wildman–Crippen LogP) is 2.38. The number of hydrogen-bond acceptors (Lipinski definition) is 3. The lowest BCUT2D eigenvalue weighted by atomic mass is 9.98. The molecule has 1 aliphatic heterocycles. The van der Waals surface area contributed by atoms with Crippen LogP contribution in [0.1, 0.15) is 58.3 Å². The average molecular weight is 325 g/mol. The Labute approximate surface area is 142 Å². The lowest BCUT2D eigenvalue weighted by Gasteiger charge is -2.22. The number of nitrogens with one attached hydrogen (secondary N) is 2. The van der Waals surface area contributed by atoms with Gasteiger partial charge in [0.2, 0.25) is 0 Å². The van der Waals surface area contributed by atoms with Crippen LogP contribution in [0.2, 0.25) is 0 Å². The third-order valence-corrected chi connectivity index (χ3v) is 5.00. The van der Waals surface area contributed by atoms with Gasteiger partial charge in [-0.2, -0.15) is 0 Å². The molecule has 1 aliphatic carbocycles. The molecule has 0 aromatic rings. The molecular weight excluding hydrogens is 288 g/mol. The minimum atomic E-state index is 0.517. The Bertz CT molecular complexity index is 342. The lowest BCUT2D eigenvalue weighted by molar-refractivity contribution is 0.0277. The molecule has 1 saturated heterocycles. The summed E-state index contributed by atoms with van der Waals surface area (Å²) < 4.78 is 5.97. The largest absolute Gasteiger partial charge is 0.378 e. The molecule has 2 rings (SSSR count). The molecule has 0 aromatic carbocycles. The molecule has 1 saturated carbocycles. The predicted molar refractivity (Wildman–Crippen MR) is 97.1 cm³/mol. The van der Waals surface area contributed by atoms with E-state index in [1.165, 1.54) is 51.5 Å². The molecule has 1 atom stereocenters. The standard InChI is InChI=1S/C18H36N4O/c1-3-19-18(21-15-16-9-7-13-22(16)2)20-12-8-14-23-17-10-5-4-6-11-17/h16-17H,3-15H2,1-2H3,(H2,19,20,21). The normalized spacial score (nSPS) is 24.1. The van der Waals surface area contributed by atoms with Crippen LogP contribution in [0.25, 0.3) is 0 Å². The Morgan fingerprint density at radius 2 is 1.96 bits per heavy atom. The highest BCUT2D eigenvalue weighted by Crippen LogP contribution is 2.20. The SMILES string of the molecule is CCNC(=NCC1CCCN1C)NCCCOC1CCCCC1. The summed E-state index contributed by atoms with van der Waals surface area (Å²) in [6.07, 6.45) is 10.7. The van der Waals surface area contributed by atoms with Crippen molar-refractivity contribution in [2.24, 2.45) is 4.99 Å². The van der Waals surface area contributed by atoms with Crippen molar-refractivity contribution in [1.29, 1.82) is 0 Å². The second-order valence-electron chi connectivity index (χ2n) is 6.91. The molecule has 134 valence electrons. The number of guanidine groups is 1. The molecule has 0 aromatic heterocycles. The molecule has 2 aliphatic rings. The highest BCUT2D eigenvalue weighted by atomic mass is 16.5. The molecule has 23 heavy (non-hydrogen) atoms. The summed E-state index contributed by atoms with van der Waals surface area (Å²) in [6.45, 7) is 6.92. The fourth-order valence-corrected chi connectivity index (χ4v) is 3.51. The van der Waals surface area contributed by atoms with E-state index in [1.54, 1.807) is 0 Å². The number of hydrogen-bond donors (Lipinski definition) is 2. The van der Waals surface area contributed by atoms with Crippen molar-refractivity contribution in [3.8, 4) is 0 Å². The lowest BCUT2D eigenvalue weighted by Crippen LogP contribution is -2.39. The zero-order chi connectivity index (χ0) is 16.3. The van der Waals surface area contributed by atoms with Crippen LogP contribution in [-0.2, 0) is 4.74 Å². The summed E-state index contributed by atoms with van der Waals surface area (Å²) in [6, 6.07) is 0.611. The second-order valence-corrected chi connectivity index (χ2v) is 6.91. The summed E-state index contributed by atoms with van der Waals surface area (Å²) in [5.41, 5.74) is 0. The fourth-order valence-electron chi connectivity index (χ4n) is 3.51. The van der Waals surface area contributed by atoms with Gasteiger partial charge in [0, 0.05) is 25.7 Å². The first-order valence-corrected chi connectivity index (χ1v) is 9.63. The Morgan fingerprint density at radius 3 is 2.65 bits per heavy atom. The number of likely N-dealkylation sites (N-methyl/N-ethyl adjacent to an activating group) is 1. The van der Waals surface area contributed by atoms with Crippen molar-refractivity contribution in [3.05, 3.63) is 0 Å². The van der Waals surface area contributed by atoms with E-state index < -0.39 is 0 Å². The van der Waals surface area contributed by atoms with Crippen molar-refractivity contribution < 1.29 is 4.74 Å². The van der Waals surface area contributed by atoms with Crippen LogP contribution in [0.4, 0.5) is 0 Å². The molecule has 2 fully saturated rings. The average Bonchev–Trinajstić information content (AvgIpc) is 2.98. The Kier molecular flexibility index (Phi) is 8.76. The number of rotatable bonds is 8. The van der Waals surface area contributed by atoms with E-state index in [9.17, 15) is 0 Å². The topological polar surface area (TPSA) is 48.9 Å². The van der Waals surface area contributed by atoms with Crippen LogP contribution >= 0.6 is 0 Å². The van der Waals surface area contributed by atoms with Gasteiger partial charge in [-0.15, -0.1) is 0 Å². The van der Waals surface area contributed by atoms with Crippen LogP contribution in [-0.4, -0.2) is 62.8 Å². The monoisotopic (exact) mass is 324 g/mol. The van der Waals surface area contributed by atoms with Gasteiger partial charge >= 0.3 is 0 Å². The summed E-state index contributed by atoms with van der Waals surface area (Å²) >= 11 is 0. The van der Waals surface area contributed by atoms with Gasteiger partial charge in [0.05, 0.1) is 12.6 Å². The second kappa shape index (κ2) is 10.9. The van der Waals surface area contributed by atoms with E-state index >= 15 is 0 Å². The van der Waals surface area contributed by atoms with Crippen molar-refractivity contribution in [1.82, 2.24) is 15.5 Å². The van der Waals surface area contributed by atoms with Crippen LogP contribution in [0, 0.1) is 0 Å². The molecule has 5 nitrogen and oxygen atoms in total. The molecular formula is C18H36N4O. The number of ether oxygens (including phenoxy) is 1. The Balaban J connectivity index is 1.59. The van der Waals surface area contributed by atoms with E-state index in [0.29, 0.717) is 12.1 Å². The minimum absolute atomic E-state index is 0.517. The maximum atomic E-state index is 5.97. The van der Waals surface area contributed by atoms with Gasteiger partial charge in [-0.3, -0.25) is 4.99 Å². The highest BCUT2D eigenvalue weighted by molar-refractivity contribution is 5.79. The van der Waals surface area contributed by atoms with E-state index in [-0.39, 0.29) is 0 Å². The van der Waals surface area contributed by atoms with Gasteiger partial charge in [0.25, 0.3) is 0 Å². The molecule has 5 heteroatoms. The highest BCUT2D eigenvalue weighted by Gasteiger charge is 2.20. The van der Waals surface area contributed by atoms with Crippen LogP contribution in [0.5, 0.6) is 0 Å².